The van der Waals surface area contributed by atoms with Crippen LogP contribution in [0, 0.1) is 6.92 Å². The Morgan fingerprint density at radius 2 is 2.06 bits per heavy atom. The third kappa shape index (κ3) is 3.19. The van der Waals surface area contributed by atoms with Gasteiger partial charge in [0.15, 0.2) is 5.78 Å². The lowest BCUT2D eigenvalue weighted by molar-refractivity contribution is -0.113. The van der Waals surface area contributed by atoms with Crippen molar-refractivity contribution in [1.82, 2.24) is 0 Å². The van der Waals surface area contributed by atoms with Gasteiger partial charge in [0.2, 0.25) is 0 Å². The lowest BCUT2D eigenvalue weighted by Crippen LogP contribution is -2.03. The molecular weight excluding hydrogens is 212 g/mol. The predicted octanol–water partition coefficient (Wildman–Crippen LogP) is 3.52. The molecule has 1 aromatic carbocycles. The van der Waals surface area contributed by atoms with Gasteiger partial charge < -0.3 is 4.74 Å². The number of ether oxygens (including phenoxy) is 1. The van der Waals surface area contributed by atoms with E-state index in [0.717, 1.165) is 17.5 Å². The van der Waals surface area contributed by atoms with Crippen LogP contribution in [-0.4, -0.2) is 12.9 Å². The van der Waals surface area contributed by atoms with Crippen molar-refractivity contribution in [1.29, 1.82) is 0 Å². The molecule has 0 saturated carbocycles. The van der Waals surface area contributed by atoms with Gasteiger partial charge in [-0.1, -0.05) is 32.0 Å². The average Bonchev–Trinajstić information content (AvgIpc) is 2.36. The molecule has 1 aromatic rings. The molecule has 0 aliphatic heterocycles. The van der Waals surface area contributed by atoms with E-state index in [1.165, 1.54) is 5.56 Å². The molecule has 0 aliphatic rings. The molecule has 0 heterocycles. The summed E-state index contributed by atoms with van der Waals surface area (Å²) < 4.78 is 5.03. The summed E-state index contributed by atoms with van der Waals surface area (Å²) in [5, 5.41) is 0. The Balaban J connectivity index is 3.27. The van der Waals surface area contributed by atoms with Gasteiger partial charge in [0.25, 0.3) is 0 Å². The van der Waals surface area contributed by atoms with Crippen molar-refractivity contribution in [3.8, 4) is 0 Å². The molecule has 0 fully saturated rings. The van der Waals surface area contributed by atoms with Gasteiger partial charge in [-0.3, -0.25) is 4.79 Å². The Morgan fingerprint density at radius 1 is 1.35 bits per heavy atom. The molecular formula is C15H20O2. The maximum absolute atomic E-state index is 11.9. The molecule has 17 heavy (non-hydrogen) atoms. The first-order valence-electron chi connectivity index (χ1n) is 6.00. The average molecular weight is 232 g/mol. The molecule has 2 nitrogen and oxygen atoms in total. The number of carbonyl (C=O) groups is 1. The third-order valence-electron chi connectivity index (χ3n) is 2.86. The van der Waals surface area contributed by atoms with E-state index in [1.54, 1.807) is 13.4 Å². The standard InChI is InChI=1S/C15H20O2/c1-5-12-8-7-11(3)13(9-12)14(10-17-4)15(16)6-2/h7-10H,5-6H2,1-4H3/b14-10+. The third-order valence-corrected chi connectivity index (χ3v) is 2.86. The summed E-state index contributed by atoms with van der Waals surface area (Å²) in [6.45, 7) is 5.99. The first kappa shape index (κ1) is 13.5. The molecule has 0 unspecified atom stereocenters. The summed E-state index contributed by atoms with van der Waals surface area (Å²) in [4.78, 5) is 11.9. The number of methoxy groups -OCH3 is 1. The molecule has 0 aliphatic carbocycles. The Labute approximate surface area is 103 Å². The Bertz CT molecular complexity index is 431. The second kappa shape index (κ2) is 6.24. The molecule has 1 rings (SSSR count). The number of carbonyl (C=O) groups excluding carboxylic acids is 1. The highest BCUT2D eigenvalue weighted by Crippen LogP contribution is 2.22. The molecule has 0 aromatic heterocycles. The highest BCUT2D eigenvalue weighted by atomic mass is 16.5. The maximum atomic E-state index is 11.9. The van der Waals surface area contributed by atoms with Gasteiger partial charge in [0.1, 0.15) is 0 Å². The number of ketones is 1. The van der Waals surface area contributed by atoms with Gasteiger partial charge in [0, 0.05) is 6.42 Å². The largest absolute Gasteiger partial charge is 0.504 e. The van der Waals surface area contributed by atoms with Gasteiger partial charge in [-0.05, 0) is 30.0 Å². The van der Waals surface area contributed by atoms with Gasteiger partial charge in [-0.15, -0.1) is 0 Å². The van der Waals surface area contributed by atoms with Crippen LogP contribution in [0.4, 0.5) is 0 Å². The van der Waals surface area contributed by atoms with Crippen LogP contribution in [0.5, 0.6) is 0 Å². The first-order chi connectivity index (χ1) is 8.13. The van der Waals surface area contributed by atoms with Crippen molar-refractivity contribution in [2.45, 2.75) is 33.6 Å². The Morgan fingerprint density at radius 3 is 2.59 bits per heavy atom. The van der Waals surface area contributed by atoms with Crippen LogP contribution in [-0.2, 0) is 16.0 Å². The van der Waals surface area contributed by atoms with Gasteiger partial charge in [0.05, 0.1) is 18.9 Å². The number of Topliss-reactive ketones (excluding diaryl/α,β-unsaturated/α-hetero) is 1. The summed E-state index contributed by atoms with van der Waals surface area (Å²) in [7, 11) is 1.57. The highest BCUT2D eigenvalue weighted by molar-refractivity contribution is 6.20. The van der Waals surface area contributed by atoms with Crippen LogP contribution in [0.1, 0.15) is 37.0 Å². The zero-order chi connectivity index (χ0) is 12.8. The minimum atomic E-state index is 0.114. The van der Waals surface area contributed by atoms with E-state index in [1.807, 2.05) is 13.8 Å². The number of benzene rings is 1. The molecule has 2 heteroatoms. The molecule has 92 valence electrons. The van der Waals surface area contributed by atoms with E-state index in [-0.39, 0.29) is 5.78 Å². The van der Waals surface area contributed by atoms with Crippen LogP contribution in [0.3, 0.4) is 0 Å². The molecule has 0 N–H and O–H groups in total. The van der Waals surface area contributed by atoms with Crippen molar-refractivity contribution in [2.75, 3.05) is 7.11 Å². The molecule has 0 radical (unpaired) electrons. The van der Waals surface area contributed by atoms with Crippen molar-refractivity contribution in [2.24, 2.45) is 0 Å². The van der Waals surface area contributed by atoms with Gasteiger partial charge in [-0.2, -0.15) is 0 Å². The van der Waals surface area contributed by atoms with Crippen molar-refractivity contribution in [3.05, 3.63) is 41.2 Å². The van der Waals surface area contributed by atoms with Gasteiger partial charge in [-0.25, -0.2) is 0 Å². The monoisotopic (exact) mass is 232 g/mol. The van der Waals surface area contributed by atoms with E-state index in [9.17, 15) is 4.79 Å². The fraction of sp³-hybridized carbons (Fsp3) is 0.400. The molecule has 0 spiro atoms. The zero-order valence-electron chi connectivity index (χ0n) is 11.0. The normalized spacial score (nSPS) is 11.4. The second-order valence-corrected chi connectivity index (χ2v) is 4.05. The second-order valence-electron chi connectivity index (χ2n) is 4.05. The summed E-state index contributed by atoms with van der Waals surface area (Å²) >= 11 is 0. The van der Waals surface area contributed by atoms with E-state index in [4.69, 9.17) is 4.74 Å². The molecule has 0 saturated heterocycles. The lowest BCUT2D eigenvalue weighted by Gasteiger charge is -2.10. The Hall–Kier alpha value is -1.57. The molecule has 0 bridgehead atoms. The van der Waals surface area contributed by atoms with Crippen LogP contribution < -0.4 is 0 Å². The van der Waals surface area contributed by atoms with Crippen molar-refractivity contribution < 1.29 is 9.53 Å². The number of rotatable bonds is 5. The fourth-order valence-corrected chi connectivity index (χ4v) is 1.77. The van der Waals surface area contributed by atoms with E-state index in [2.05, 4.69) is 25.1 Å². The van der Waals surface area contributed by atoms with E-state index in [0.29, 0.717) is 12.0 Å². The number of aryl methyl sites for hydroxylation is 2. The topological polar surface area (TPSA) is 26.3 Å². The highest BCUT2D eigenvalue weighted by Gasteiger charge is 2.13. The number of allylic oxidation sites excluding steroid dienone is 1. The van der Waals surface area contributed by atoms with Crippen LogP contribution >= 0.6 is 0 Å². The summed E-state index contributed by atoms with van der Waals surface area (Å²) in [6.07, 6.45) is 3.01. The van der Waals surface area contributed by atoms with E-state index >= 15 is 0 Å². The van der Waals surface area contributed by atoms with E-state index < -0.39 is 0 Å². The molecule has 0 amide bonds. The van der Waals surface area contributed by atoms with Crippen LogP contribution in [0.15, 0.2) is 24.5 Å². The minimum absolute atomic E-state index is 0.114. The lowest BCUT2D eigenvalue weighted by atomic mass is 9.94. The molecule has 0 atom stereocenters. The number of hydrogen-bond acceptors (Lipinski definition) is 2. The fourth-order valence-electron chi connectivity index (χ4n) is 1.77. The zero-order valence-corrected chi connectivity index (χ0v) is 11.0. The SMILES string of the molecule is CCC(=O)/C(=C/OC)c1cc(CC)ccc1C. The van der Waals surface area contributed by atoms with Crippen molar-refractivity contribution >= 4 is 11.4 Å². The summed E-state index contributed by atoms with van der Waals surface area (Å²) in [5.74, 6) is 0.114. The van der Waals surface area contributed by atoms with Crippen LogP contribution in [0.2, 0.25) is 0 Å². The van der Waals surface area contributed by atoms with Crippen molar-refractivity contribution in [3.63, 3.8) is 0 Å². The maximum Gasteiger partial charge on any atom is 0.166 e. The Kier molecular flexibility index (Phi) is 4.95. The van der Waals surface area contributed by atoms with Gasteiger partial charge >= 0.3 is 0 Å². The quantitative estimate of drug-likeness (QED) is 0.573. The predicted molar refractivity (Wildman–Crippen MR) is 70.8 cm³/mol. The summed E-state index contributed by atoms with van der Waals surface area (Å²) in [6, 6.07) is 6.23. The minimum Gasteiger partial charge on any atom is -0.504 e. The number of hydrogen-bond donors (Lipinski definition) is 0. The smallest absolute Gasteiger partial charge is 0.166 e. The first-order valence-corrected chi connectivity index (χ1v) is 6.00. The van der Waals surface area contributed by atoms with Crippen LogP contribution in [0.25, 0.3) is 5.57 Å². The summed E-state index contributed by atoms with van der Waals surface area (Å²) in [5.41, 5.74) is 3.99.